The highest BCUT2D eigenvalue weighted by molar-refractivity contribution is 6.30. The maximum absolute atomic E-state index is 13.9. The van der Waals surface area contributed by atoms with Gasteiger partial charge >= 0.3 is 0 Å². The molecule has 7 heteroatoms. The summed E-state index contributed by atoms with van der Waals surface area (Å²) < 4.78 is 29.4. The molecule has 0 atom stereocenters. The van der Waals surface area contributed by atoms with Crippen molar-refractivity contribution in [1.82, 2.24) is 9.47 Å². The van der Waals surface area contributed by atoms with Crippen LogP contribution in [0, 0.1) is 17.6 Å². The maximum atomic E-state index is 13.9. The second-order valence-corrected chi connectivity index (χ2v) is 9.51. The number of para-hydroxylation sites is 1. The number of benzene rings is 3. The Labute approximate surface area is 208 Å². The Hall–Kier alpha value is -3.22. The van der Waals surface area contributed by atoms with Crippen LogP contribution in [0.1, 0.15) is 24.1 Å². The number of likely N-dealkylation sites (tertiary alicyclic amines) is 1. The summed E-state index contributed by atoms with van der Waals surface area (Å²) in [7, 11) is 0. The van der Waals surface area contributed by atoms with Crippen LogP contribution in [0.5, 0.6) is 0 Å². The summed E-state index contributed by atoms with van der Waals surface area (Å²) >= 11 is 6.22. The normalized spacial score (nSPS) is 14.9. The molecule has 1 fully saturated rings. The quantitative estimate of drug-likeness (QED) is 0.334. The fourth-order valence-corrected chi connectivity index (χ4v) is 5.02. The number of amides is 1. The van der Waals surface area contributed by atoms with E-state index in [0.717, 1.165) is 48.9 Å². The molecular weight excluding hydrogens is 468 g/mol. The van der Waals surface area contributed by atoms with E-state index in [1.807, 2.05) is 24.3 Å². The summed E-state index contributed by atoms with van der Waals surface area (Å²) in [6, 6.07) is 21.7. The number of piperidine rings is 1. The summed E-state index contributed by atoms with van der Waals surface area (Å²) in [5.41, 5.74) is 3.55. The van der Waals surface area contributed by atoms with Crippen molar-refractivity contribution in [3.05, 3.63) is 101 Å². The number of hydrogen-bond donors (Lipinski definition) is 1. The van der Waals surface area contributed by atoms with Crippen molar-refractivity contribution < 1.29 is 13.6 Å². The Balaban J connectivity index is 1.26. The lowest BCUT2D eigenvalue weighted by Gasteiger charge is -2.31. The number of anilines is 1. The number of nitrogens with one attached hydrogen (secondary N) is 1. The van der Waals surface area contributed by atoms with Crippen molar-refractivity contribution in [2.24, 2.45) is 5.92 Å². The van der Waals surface area contributed by atoms with E-state index in [1.54, 1.807) is 0 Å². The topological polar surface area (TPSA) is 37.3 Å². The largest absolute Gasteiger partial charge is 0.339 e. The zero-order chi connectivity index (χ0) is 24.4. The number of hydrogen-bond acceptors (Lipinski definition) is 2. The van der Waals surface area contributed by atoms with Crippen LogP contribution >= 0.6 is 11.6 Å². The molecule has 0 bridgehead atoms. The third-order valence-electron chi connectivity index (χ3n) is 6.66. The summed E-state index contributed by atoms with van der Waals surface area (Å²) in [4.78, 5) is 15.0. The fraction of sp³-hybridized carbons (Fsp3) is 0.250. The number of halogens is 3. The lowest BCUT2D eigenvalue weighted by atomic mass is 9.95. The molecule has 0 spiro atoms. The van der Waals surface area contributed by atoms with Gasteiger partial charge in [-0.25, -0.2) is 8.78 Å². The predicted molar refractivity (Wildman–Crippen MR) is 135 cm³/mol. The van der Waals surface area contributed by atoms with E-state index in [0.29, 0.717) is 12.8 Å². The number of fused-ring (bicyclic) bond motifs is 1. The number of nitrogens with zero attached hydrogens (tertiary/aromatic N) is 2. The molecule has 1 aliphatic heterocycles. The molecule has 1 saturated heterocycles. The van der Waals surface area contributed by atoms with Crippen LogP contribution in [0.2, 0.25) is 5.02 Å². The summed E-state index contributed by atoms with van der Waals surface area (Å²) in [6.45, 7) is 3.03. The first-order valence-electron chi connectivity index (χ1n) is 11.8. The van der Waals surface area contributed by atoms with Crippen LogP contribution in [-0.4, -0.2) is 28.5 Å². The van der Waals surface area contributed by atoms with Gasteiger partial charge in [0, 0.05) is 41.3 Å². The van der Waals surface area contributed by atoms with Gasteiger partial charge in [0.15, 0.2) is 0 Å². The second-order valence-electron chi connectivity index (χ2n) is 9.07. The molecule has 1 amide bonds. The third kappa shape index (κ3) is 5.39. The number of carbonyl (C=O) groups excluding carboxylic acids is 1. The molecule has 35 heavy (non-hydrogen) atoms. The molecule has 4 aromatic rings. The fourth-order valence-electron chi connectivity index (χ4n) is 4.81. The minimum atomic E-state index is -0.761. The Morgan fingerprint density at radius 3 is 2.51 bits per heavy atom. The zero-order valence-electron chi connectivity index (χ0n) is 19.2. The molecule has 3 aromatic carbocycles. The van der Waals surface area contributed by atoms with Crippen molar-refractivity contribution in [3.8, 4) is 0 Å². The van der Waals surface area contributed by atoms with Gasteiger partial charge < -0.3 is 9.88 Å². The maximum Gasteiger partial charge on any atom is 0.227 e. The molecule has 180 valence electrons. The molecule has 0 aliphatic carbocycles. The van der Waals surface area contributed by atoms with Crippen LogP contribution in [0.4, 0.5) is 14.5 Å². The highest BCUT2D eigenvalue weighted by Crippen LogP contribution is 2.26. The van der Waals surface area contributed by atoms with Crippen LogP contribution in [0.3, 0.4) is 0 Å². The highest BCUT2D eigenvalue weighted by atomic mass is 35.5. The van der Waals surface area contributed by atoms with Gasteiger partial charge in [-0.3, -0.25) is 9.69 Å². The van der Waals surface area contributed by atoms with E-state index in [9.17, 15) is 13.6 Å². The first-order chi connectivity index (χ1) is 17.0. The molecule has 0 radical (unpaired) electrons. The smallest absolute Gasteiger partial charge is 0.227 e. The van der Waals surface area contributed by atoms with Gasteiger partial charge in [-0.05, 0) is 73.3 Å². The minimum Gasteiger partial charge on any atom is -0.339 e. The van der Waals surface area contributed by atoms with E-state index in [1.165, 1.54) is 22.7 Å². The molecule has 1 aromatic heterocycles. The van der Waals surface area contributed by atoms with Crippen LogP contribution in [0.15, 0.2) is 72.8 Å². The monoisotopic (exact) mass is 493 g/mol. The lowest BCUT2D eigenvalue weighted by Crippen LogP contribution is -2.38. The Morgan fingerprint density at radius 1 is 0.943 bits per heavy atom. The Bertz CT molecular complexity index is 1360. The van der Waals surface area contributed by atoms with Gasteiger partial charge in [-0.15, -0.1) is 0 Å². The SMILES string of the molecule is O=C(Nc1ccc(F)cc1F)C1CCN(Cc2cc3ccccc3n2Cc2cccc(Cl)c2)CC1. The van der Waals surface area contributed by atoms with Crippen molar-refractivity contribution >= 4 is 34.1 Å². The Kier molecular flexibility index (Phi) is 6.84. The van der Waals surface area contributed by atoms with E-state index in [4.69, 9.17) is 11.6 Å². The van der Waals surface area contributed by atoms with E-state index in [-0.39, 0.29) is 17.5 Å². The first kappa shape index (κ1) is 23.5. The van der Waals surface area contributed by atoms with E-state index in [2.05, 4.69) is 45.1 Å². The average Bonchev–Trinajstić information content (AvgIpc) is 3.18. The third-order valence-corrected chi connectivity index (χ3v) is 6.89. The number of aromatic nitrogens is 1. The van der Waals surface area contributed by atoms with Crippen molar-refractivity contribution in [2.75, 3.05) is 18.4 Å². The first-order valence-corrected chi connectivity index (χ1v) is 12.1. The summed E-state index contributed by atoms with van der Waals surface area (Å²) in [6.07, 6.45) is 1.37. The van der Waals surface area contributed by atoms with Crippen molar-refractivity contribution in [2.45, 2.75) is 25.9 Å². The molecular formula is C28H26ClF2N3O. The van der Waals surface area contributed by atoms with Gasteiger partial charge in [-0.1, -0.05) is 41.9 Å². The molecule has 4 nitrogen and oxygen atoms in total. The lowest BCUT2D eigenvalue weighted by molar-refractivity contribution is -0.121. The predicted octanol–water partition coefficient (Wildman–Crippen LogP) is 6.47. The van der Waals surface area contributed by atoms with Gasteiger partial charge in [0.2, 0.25) is 5.91 Å². The van der Waals surface area contributed by atoms with E-state index < -0.39 is 11.6 Å². The van der Waals surface area contributed by atoms with Crippen molar-refractivity contribution in [3.63, 3.8) is 0 Å². The Morgan fingerprint density at radius 2 is 1.74 bits per heavy atom. The van der Waals surface area contributed by atoms with Crippen LogP contribution < -0.4 is 5.32 Å². The minimum absolute atomic E-state index is 0.0179. The van der Waals surface area contributed by atoms with Gasteiger partial charge in [0.05, 0.1) is 5.69 Å². The molecule has 0 unspecified atom stereocenters. The standard InChI is InChI=1S/C28H26ClF2N3O/c29-22-6-3-4-19(14-22)17-34-24(15-21-5-1-2-7-27(21)34)18-33-12-10-20(11-13-33)28(35)32-26-9-8-23(30)16-25(26)31/h1-9,14-16,20H,10-13,17-18H2,(H,32,35). The average molecular weight is 494 g/mol. The molecule has 1 N–H and O–H groups in total. The van der Waals surface area contributed by atoms with Gasteiger partial charge in [0.1, 0.15) is 11.6 Å². The summed E-state index contributed by atoms with van der Waals surface area (Å²) in [5.74, 6) is -1.84. The highest BCUT2D eigenvalue weighted by Gasteiger charge is 2.26. The zero-order valence-corrected chi connectivity index (χ0v) is 19.9. The van der Waals surface area contributed by atoms with Crippen LogP contribution in [-0.2, 0) is 17.9 Å². The number of rotatable bonds is 6. The molecule has 0 saturated carbocycles. The molecule has 5 rings (SSSR count). The number of carbonyl (C=O) groups is 1. The molecule has 1 aliphatic rings. The van der Waals surface area contributed by atoms with E-state index >= 15 is 0 Å². The van der Waals surface area contributed by atoms with Gasteiger partial charge in [0.25, 0.3) is 0 Å². The van der Waals surface area contributed by atoms with Gasteiger partial charge in [-0.2, -0.15) is 0 Å². The molecule has 2 heterocycles. The van der Waals surface area contributed by atoms with Crippen molar-refractivity contribution in [1.29, 1.82) is 0 Å². The summed E-state index contributed by atoms with van der Waals surface area (Å²) in [5, 5.41) is 4.53. The van der Waals surface area contributed by atoms with Crippen LogP contribution in [0.25, 0.3) is 10.9 Å². The second kappa shape index (κ2) is 10.2.